The number of rotatable bonds is 2. The van der Waals surface area contributed by atoms with E-state index in [1.165, 1.54) is 12.0 Å². The van der Waals surface area contributed by atoms with Crippen LogP contribution < -0.4 is 11.1 Å². The van der Waals surface area contributed by atoms with Crippen molar-refractivity contribution in [2.75, 3.05) is 5.32 Å². The van der Waals surface area contributed by atoms with Crippen molar-refractivity contribution < 1.29 is 0 Å². The summed E-state index contributed by atoms with van der Waals surface area (Å²) in [6.45, 7) is 6.56. The lowest BCUT2D eigenvalue weighted by molar-refractivity contribution is 0.339. The van der Waals surface area contributed by atoms with Gasteiger partial charge in [-0.3, -0.25) is 10.7 Å². The van der Waals surface area contributed by atoms with Gasteiger partial charge in [-0.2, -0.15) is 0 Å². The van der Waals surface area contributed by atoms with Crippen LogP contribution in [0.15, 0.2) is 0 Å². The molecule has 98 valence electrons. The van der Waals surface area contributed by atoms with Crippen LogP contribution >= 0.6 is 0 Å². The lowest BCUT2D eigenvalue weighted by Gasteiger charge is -2.27. The molecule has 1 heterocycles. The summed E-state index contributed by atoms with van der Waals surface area (Å²) in [4.78, 5) is 8.84. The standard InChI is InChI=1S/C13H21N5/c1-7(2)9-4-5-11-10(6-9)8(3)16-13(17-11)18-12(14)15/h7,9H,4-6H2,1-3H3,(H4,14,15,16,17,18). The zero-order valence-corrected chi connectivity index (χ0v) is 11.2. The average Bonchev–Trinajstić information content (AvgIpc) is 2.27. The van der Waals surface area contributed by atoms with Gasteiger partial charge in [-0.05, 0) is 43.6 Å². The highest BCUT2D eigenvalue weighted by Gasteiger charge is 2.24. The first-order chi connectivity index (χ1) is 8.47. The smallest absolute Gasteiger partial charge is 0.229 e. The summed E-state index contributed by atoms with van der Waals surface area (Å²) in [5.74, 6) is 1.76. The highest BCUT2D eigenvalue weighted by atomic mass is 15.2. The number of nitrogens with zero attached hydrogens (tertiary/aromatic N) is 2. The fourth-order valence-corrected chi connectivity index (χ4v) is 2.56. The summed E-state index contributed by atoms with van der Waals surface area (Å²) in [7, 11) is 0. The molecule has 1 aromatic rings. The lowest BCUT2D eigenvalue weighted by Crippen LogP contribution is -2.25. The van der Waals surface area contributed by atoms with Crippen molar-refractivity contribution in [3.05, 3.63) is 17.0 Å². The van der Waals surface area contributed by atoms with Crippen LogP contribution in [0.2, 0.25) is 0 Å². The SMILES string of the molecule is Cc1nc(NC(=N)N)nc2c1CC(C(C)C)CC2. The number of nitrogens with two attached hydrogens (primary N) is 1. The van der Waals surface area contributed by atoms with E-state index in [1.807, 2.05) is 6.92 Å². The van der Waals surface area contributed by atoms with Gasteiger partial charge in [0.2, 0.25) is 5.95 Å². The topological polar surface area (TPSA) is 87.7 Å². The second-order valence-corrected chi connectivity index (χ2v) is 5.34. The number of aromatic nitrogens is 2. The maximum absolute atomic E-state index is 7.22. The van der Waals surface area contributed by atoms with Gasteiger partial charge in [0.05, 0.1) is 0 Å². The number of aryl methyl sites for hydroxylation is 2. The molecule has 0 aliphatic heterocycles. The van der Waals surface area contributed by atoms with Crippen LogP contribution in [0.1, 0.15) is 37.2 Å². The zero-order chi connectivity index (χ0) is 13.3. The van der Waals surface area contributed by atoms with Gasteiger partial charge < -0.3 is 5.73 Å². The minimum absolute atomic E-state index is 0.120. The van der Waals surface area contributed by atoms with E-state index in [-0.39, 0.29) is 5.96 Å². The summed E-state index contributed by atoms with van der Waals surface area (Å²) >= 11 is 0. The summed E-state index contributed by atoms with van der Waals surface area (Å²) in [5.41, 5.74) is 8.71. The van der Waals surface area contributed by atoms with E-state index in [9.17, 15) is 0 Å². The van der Waals surface area contributed by atoms with Crippen molar-refractivity contribution in [3.8, 4) is 0 Å². The van der Waals surface area contributed by atoms with E-state index < -0.39 is 0 Å². The Morgan fingerprint density at radius 2 is 2.17 bits per heavy atom. The maximum Gasteiger partial charge on any atom is 0.229 e. The minimum atomic E-state index is -0.120. The van der Waals surface area contributed by atoms with E-state index in [4.69, 9.17) is 11.1 Å². The number of guanidine groups is 1. The molecule has 1 aliphatic carbocycles. The molecule has 5 heteroatoms. The van der Waals surface area contributed by atoms with E-state index in [0.29, 0.717) is 11.9 Å². The van der Waals surface area contributed by atoms with Crippen molar-refractivity contribution in [1.82, 2.24) is 9.97 Å². The molecule has 0 saturated carbocycles. The van der Waals surface area contributed by atoms with Crippen LogP contribution in [0, 0.1) is 24.2 Å². The van der Waals surface area contributed by atoms with Crippen LogP contribution in [-0.2, 0) is 12.8 Å². The zero-order valence-electron chi connectivity index (χ0n) is 11.2. The molecule has 1 unspecified atom stereocenters. The summed E-state index contributed by atoms with van der Waals surface area (Å²) < 4.78 is 0. The Morgan fingerprint density at radius 1 is 1.44 bits per heavy atom. The van der Waals surface area contributed by atoms with Crippen molar-refractivity contribution in [3.63, 3.8) is 0 Å². The van der Waals surface area contributed by atoms with Gasteiger partial charge in [0.15, 0.2) is 5.96 Å². The molecular formula is C13H21N5. The van der Waals surface area contributed by atoms with Gasteiger partial charge in [0.1, 0.15) is 0 Å². The Labute approximate surface area is 108 Å². The van der Waals surface area contributed by atoms with E-state index in [1.54, 1.807) is 0 Å². The Hall–Kier alpha value is -1.65. The number of anilines is 1. The molecule has 18 heavy (non-hydrogen) atoms. The van der Waals surface area contributed by atoms with Crippen LogP contribution in [0.4, 0.5) is 5.95 Å². The van der Waals surface area contributed by atoms with Crippen LogP contribution in [0.25, 0.3) is 0 Å². The van der Waals surface area contributed by atoms with Gasteiger partial charge in [-0.1, -0.05) is 13.8 Å². The molecule has 0 amide bonds. The molecular weight excluding hydrogens is 226 g/mol. The molecule has 4 N–H and O–H groups in total. The first-order valence-corrected chi connectivity index (χ1v) is 6.44. The van der Waals surface area contributed by atoms with Gasteiger partial charge in [0, 0.05) is 11.4 Å². The van der Waals surface area contributed by atoms with Crippen LogP contribution in [0.3, 0.4) is 0 Å². The Kier molecular flexibility index (Phi) is 3.50. The van der Waals surface area contributed by atoms with E-state index in [0.717, 1.165) is 30.1 Å². The third-order valence-electron chi connectivity index (χ3n) is 3.71. The fourth-order valence-electron chi connectivity index (χ4n) is 2.56. The molecule has 1 aliphatic rings. The molecule has 0 spiro atoms. The number of hydrogen-bond donors (Lipinski definition) is 3. The number of hydrogen-bond acceptors (Lipinski definition) is 3. The molecule has 0 saturated heterocycles. The third-order valence-corrected chi connectivity index (χ3v) is 3.71. The summed E-state index contributed by atoms with van der Waals surface area (Å²) in [6, 6.07) is 0. The Morgan fingerprint density at radius 3 is 2.78 bits per heavy atom. The Balaban J connectivity index is 2.28. The van der Waals surface area contributed by atoms with Crippen molar-refractivity contribution >= 4 is 11.9 Å². The van der Waals surface area contributed by atoms with E-state index >= 15 is 0 Å². The summed E-state index contributed by atoms with van der Waals surface area (Å²) in [6.07, 6.45) is 3.24. The second kappa shape index (κ2) is 4.92. The monoisotopic (exact) mass is 247 g/mol. The van der Waals surface area contributed by atoms with Crippen molar-refractivity contribution in [2.45, 2.75) is 40.0 Å². The predicted octanol–water partition coefficient (Wildman–Crippen LogP) is 1.85. The fraction of sp³-hybridized carbons (Fsp3) is 0.615. The second-order valence-electron chi connectivity index (χ2n) is 5.34. The summed E-state index contributed by atoms with van der Waals surface area (Å²) in [5, 5.41) is 9.89. The van der Waals surface area contributed by atoms with Gasteiger partial charge in [-0.25, -0.2) is 9.97 Å². The molecule has 1 aromatic heterocycles. The maximum atomic E-state index is 7.22. The van der Waals surface area contributed by atoms with Gasteiger partial charge in [-0.15, -0.1) is 0 Å². The highest BCUT2D eigenvalue weighted by Crippen LogP contribution is 2.30. The quantitative estimate of drug-likeness (QED) is 0.550. The van der Waals surface area contributed by atoms with Gasteiger partial charge in [0.25, 0.3) is 0 Å². The number of nitrogens with one attached hydrogen (secondary N) is 2. The molecule has 0 fully saturated rings. The number of fused-ring (bicyclic) bond motifs is 1. The van der Waals surface area contributed by atoms with Crippen molar-refractivity contribution in [1.29, 1.82) is 5.41 Å². The first-order valence-electron chi connectivity index (χ1n) is 6.44. The largest absolute Gasteiger partial charge is 0.370 e. The molecule has 0 bridgehead atoms. The molecule has 0 aromatic carbocycles. The minimum Gasteiger partial charge on any atom is -0.370 e. The first kappa shape index (κ1) is 12.8. The average molecular weight is 247 g/mol. The highest BCUT2D eigenvalue weighted by molar-refractivity contribution is 5.87. The predicted molar refractivity (Wildman–Crippen MR) is 72.7 cm³/mol. The van der Waals surface area contributed by atoms with E-state index in [2.05, 4.69) is 29.1 Å². The van der Waals surface area contributed by atoms with Crippen LogP contribution in [0.5, 0.6) is 0 Å². The van der Waals surface area contributed by atoms with Crippen molar-refractivity contribution in [2.24, 2.45) is 17.6 Å². The van der Waals surface area contributed by atoms with Crippen LogP contribution in [-0.4, -0.2) is 15.9 Å². The molecule has 0 radical (unpaired) electrons. The van der Waals surface area contributed by atoms with Gasteiger partial charge >= 0.3 is 0 Å². The third kappa shape index (κ3) is 2.60. The normalized spacial score (nSPS) is 18.6. The lowest BCUT2D eigenvalue weighted by atomic mass is 9.79. The molecule has 2 rings (SSSR count). The molecule has 5 nitrogen and oxygen atoms in total. The molecule has 1 atom stereocenters. The Bertz CT molecular complexity index is 467.